The lowest BCUT2D eigenvalue weighted by Crippen LogP contribution is -2.02. The SMILES string of the molecule is Cc1cn(-c2cccnc2C)c(N)n1. The van der Waals surface area contributed by atoms with Crippen LogP contribution in [-0.2, 0) is 0 Å². The summed E-state index contributed by atoms with van der Waals surface area (Å²) >= 11 is 0. The fraction of sp³-hybridized carbons (Fsp3) is 0.200. The fourth-order valence-corrected chi connectivity index (χ4v) is 1.44. The number of nitrogen functional groups attached to an aromatic ring is 1. The minimum absolute atomic E-state index is 0.499. The Labute approximate surface area is 82.4 Å². The number of aromatic nitrogens is 3. The minimum Gasteiger partial charge on any atom is -0.369 e. The lowest BCUT2D eigenvalue weighted by Gasteiger charge is -2.06. The van der Waals surface area contributed by atoms with Gasteiger partial charge in [-0.15, -0.1) is 0 Å². The number of nitrogens with zero attached hydrogens (tertiary/aromatic N) is 3. The van der Waals surface area contributed by atoms with Crippen LogP contribution in [0.4, 0.5) is 5.95 Å². The molecule has 0 bridgehead atoms. The van der Waals surface area contributed by atoms with Crippen LogP contribution in [-0.4, -0.2) is 14.5 Å². The van der Waals surface area contributed by atoms with E-state index in [-0.39, 0.29) is 0 Å². The third-order valence-electron chi connectivity index (χ3n) is 2.09. The Morgan fingerprint density at radius 2 is 2.14 bits per heavy atom. The zero-order valence-corrected chi connectivity index (χ0v) is 8.23. The Hall–Kier alpha value is -1.84. The molecule has 0 atom stereocenters. The van der Waals surface area contributed by atoms with Crippen molar-refractivity contribution in [3.63, 3.8) is 0 Å². The van der Waals surface area contributed by atoms with E-state index in [1.54, 1.807) is 6.20 Å². The summed E-state index contributed by atoms with van der Waals surface area (Å²) in [6.45, 7) is 3.86. The van der Waals surface area contributed by atoms with Crippen molar-refractivity contribution in [1.82, 2.24) is 14.5 Å². The monoisotopic (exact) mass is 188 g/mol. The van der Waals surface area contributed by atoms with E-state index in [9.17, 15) is 0 Å². The largest absolute Gasteiger partial charge is 0.369 e. The summed E-state index contributed by atoms with van der Waals surface area (Å²) in [5.41, 5.74) is 8.59. The lowest BCUT2D eigenvalue weighted by molar-refractivity contribution is 1.02. The van der Waals surface area contributed by atoms with Gasteiger partial charge in [0.05, 0.1) is 17.1 Å². The van der Waals surface area contributed by atoms with E-state index in [0.717, 1.165) is 17.1 Å². The first-order valence-electron chi connectivity index (χ1n) is 4.42. The molecule has 14 heavy (non-hydrogen) atoms. The summed E-state index contributed by atoms with van der Waals surface area (Å²) in [6, 6.07) is 3.86. The summed E-state index contributed by atoms with van der Waals surface area (Å²) < 4.78 is 1.84. The van der Waals surface area contributed by atoms with Gasteiger partial charge in [-0.1, -0.05) is 0 Å². The van der Waals surface area contributed by atoms with E-state index in [1.807, 2.05) is 36.7 Å². The fourth-order valence-electron chi connectivity index (χ4n) is 1.44. The first kappa shape index (κ1) is 8.74. The van der Waals surface area contributed by atoms with Crippen molar-refractivity contribution < 1.29 is 0 Å². The Balaban J connectivity index is 2.60. The van der Waals surface area contributed by atoms with Crippen LogP contribution in [0, 0.1) is 13.8 Å². The topological polar surface area (TPSA) is 56.7 Å². The summed E-state index contributed by atoms with van der Waals surface area (Å²) in [4.78, 5) is 8.34. The van der Waals surface area contributed by atoms with Crippen LogP contribution >= 0.6 is 0 Å². The molecule has 0 unspecified atom stereocenters. The molecule has 0 aromatic carbocycles. The van der Waals surface area contributed by atoms with Gasteiger partial charge in [-0.3, -0.25) is 9.55 Å². The van der Waals surface area contributed by atoms with Crippen LogP contribution < -0.4 is 5.73 Å². The molecule has 2 N–H and O–H groups in total. The molecule has 0 aliphatic rings. The summed E-state index contributed by atoms with van der Waals surface area (Å²) in [6.07, 6.45) is 3.66. The van der Waals surface area contributed by atoms with E-state index < -0.39 is 0 Å². The molecule has 0 spiro atoms. The molecule has 0 aliphatic heterocycles. The standard InChI is InChI=1S/C10H12N4/c1-7-6-14(10(11)13-7)9-4-3-5-12-8(9)2/h3-6H,1-2H3,(H2,11,13). The maximum Gasteiger partial charge on any atom is 0.205 e. The number of imidazole rings is 1. The highest BCUT2D eigenvalue weighted by Crippen LogP contribution is 2.15. The molecule has 0 saturated heterocycles. The van der Waals surface area contributed by atoms with Gasteiger partial charge in [-0.2, -0.15) is 0 Å². The predicted molar refractivity (Wildman–Crippen MR) is 55.2 cm³/mol. The molecule has 0 aliphatic carbocycles. The number of anilines is 1. The smallest absolute Gasteiger partial charge is 0.205 e. The maximum absolute atomic E-state index is 5.77. The van der Waals surface area contributed by atoms with Gasteiger partial charge in [0.25, 0.3) is 0 Å². The molecule has 2 aromatic heterocycles. The van der Waals surface area contributed by atoms with Crippen LogP contribution in [0.15, 0.2) is 24.5 Å². The molecule has 0 radical (unpaired) electrons. The van der Waals surface area contributed by atoms with Crippen LogP contribution in [0.1, 0.15) is 11.4 Å². The third kappa shape index (κ3) is 1.35. The molecule has 2 heterocycles. The zero-order chi connectivity index (χ0) is 10.1. The van der Waals surface area contributed by atoms with E-state index >= 15 is 0 Å². The number of rotatable bonds is 1. The van der Waals surface area contributed by atoms with Crippen LogP contribution in [0.3, 0.4) is 0 Å². The van der Waals surface area contributed by atoms with Crippen LogP contribution in [0.5, 0.6) is 0 Å². The third-order valence-corrected chi connectivity index (χ3v) is 2.09. The molecular formula is C10H12N4. The van der Waals surface area contributed by atoms with E-state index in [4.69, 9.17) is 5.73 Å². The van der Waals surface area contributed by atoms with Gasteiger partial charge in [0.2, 0.25) is 5.95 Å². The number of nitrogens with two attached hydrogens (primary N) is 1. The van der Waals surface area contributed by atoms with E-state index in [2.05, 4.69) is 9.97 Å². The van der Waals surface area contributed by atoms with Crippen molar-refractivity contribution in [2.24, 2.45) is 0 Å². The minimum atomic E-state index is 0.499. The Morgan fingerprint density at radius 3 is 2.71 bits per heavy atom. The van der Waals surface area contributed by atoms with E-state index in [0.29, 0.717) is 5.95 Å². The quantitative estimate of drug-likeness (QED) is 0.737. The number of hydrogen-bond donors (Lipinski definition) is 1. The van der Waals surface area contributed by atoms with Crippen molar-refractivity contribution in [3.8, 4) is 5.69 Å². The van der Waals surface area contributed by atoms with E-state index in [1.165, 1.54) is 0 Å². The van der Waals surface area contributed by atoms with Crippen LogP contribution in [0.2, 0.25) is 0 Å². The number of hydrogen-bond acceptors (Lipinski definition) is 3. The first-order valence-corrected chi connectivity index (χ1v) is 4.42. The van der Waals surface area contributed by atoms with Gasteiger partial charge in [0.15, 0.2) is 0 Å². The molecule has 2 rings (SSSR count). The average Bonchev–Trinajstić information content (AvgIpc) is 2.46. The predicted octanol–water partition coefficient (Wildman–Crippen LogP) is 1.47. The van der Waals surface area contributed by atoms with Gasteiger partial charge in [0.1, 0.15) is 0 Å². The van der Waals surface area contributed by atoms with Crippen molar-refractivity contribution >= 4 is 5.95 Å². The van der Waals surface area contributed by atoms with Crippen molar-refractivity contribution in [2.75, 3.05) is 5.73 Å². The Morgan fingerprint density at radius 1 is 1.36 bits per heavy atom. The van der Waals surface area contributed by atoms with Crippen molar-refractivity contribution in [2.45, 2.75) is 13.8 Å². The molecule has 0 fully saturated rings. The molecule has 72 valence electrons. The van der Waals surface area contributed by atoms with Gasteiger partial charge in [-0.05, 0) is 26.0 Å². The number of aryl methyl sites for hydroxylation is 2. The van der Waals surface area contributed by atoms with Crippen molar-refractivity contribution in [3.05, 3.63) is 35.9 Å². The summed E-state index contributed by atoms with van der Waals surface area (Å²) in [5.74, 6) is 0.499. The molecule has 0 amide bonds. The zero-order valence-electron chi connectivity index (χ0n) is 8.23. The maximum atomic E-state index is 5.77. The Kier molecular flexibility index (Phi) is 1.96. The lowest BCUT2D eigenvalue weighted by atomic mass is 10.3. The van der Waals surface area contributed by atoms with Gasteiger partial charge >= 0.3 is 0 Å². The highest BCUT2D eigenvalue weighted by Gasteiger charge is 2.06. The number of pyridine rings is 1. The molecule has 4 heteroatoms. The molecule has 4 nitrogen and oxygen atoms in total. The highest BCUT2D eigenvalue weighted by molar-refractivity contribution is 5.42. The summed E-state index contributed by atoms with van der Waals surface area (Å²) in [5, 5.41) is 0. The molecule has 2 aromatic rings. The molecule has 0 saturated carbocycles. The second-order valence-electron chi connectivity index (χ2n) is 3.22. The second kappa shape index (κ2) is 3.14. The van der Waals surface area contributed by atoms with Crippen molar-refractivity contribution in [1.29, 1.82) is 0 Å². The average molecular weight is 188 g/mol. The molecular weight excluding hydrogens is 176 g/mol. The Bertz CT molecular complexity index is 459. The van der Waals surface area contributed by atoms with Gasteiger partial charge < -0.3 is 5.73 Å². The van der Waals surface area contributed by atoms with Crippen LogP contribution in [0.25, 0.3) is 5.69 Å². The second-order valence-corrected chi connectivity index (χ2v) is 3.22. The van der Waals surface area contributed by atoms with Gasteiger partial charge in [0, 0.05) is 12.4 Å². The normalized spacial score (nSPS) is 10.4. The van der Waals surface area contributed by atoms with Gasteiger partial charge in [-0.25, -0.2) is 4.98 Å². The highest BCUT2D eigenvalue weighted by atomic mass is 15.2. The summed E-state index contributed by atoms with van der Waals surface area (Å²) in [7, 11) is 0. The first-order chi connectivity index (χ1) is 6.68.